The number of para-hydroxylation sites is 1. The maximum Gasteiger partial charge on any atom is 0.267 e. The summed E-state index contributed by atoms with van der Waals surface area (Å²) in [5.41, 5.74) is 2.63. The molecule has 0 fully saturated rings. The fourth-order valence-corrected chi connectivity index (χ4v) is 4.39. The zero-order valence-corrected chi connectivity index (χ0v) is 18.1. The zero-order valence-electron chi connectivity index (χ0n) is 15.7. The molecule has 2 heterocycles. The number of hydrogen-bond donors (Lipinski definition) is 0. The minimum Gasteiger partial charge on any atom is -0.483 e. The van der Waals surface area contributed by atoms with Gasteiger partial charge in [0.05, 0.1) is 22.5 Å². The summed E-state index contributed by atoms with van der Waals surface area (Å²) in [4.78, 5) is 23.8. The van der Waals surface area contributed by atoms with Crippen molar-refractivity contribution in [1.29, 1.82) is 0 Å². The molecule has 4 rings (SSSR count). The first-order chi connectivity index (χ1) is 14.1. The molecule has 2 aromatic carbocycles. The maximum atomic E-state index is 13.1. The van der Waals surface area contributed by atoms with Crippen LogP contribution in [-0.4, -0.2) is 22.5 Å². The summed E-state index contributed by atoms with van der Waals surface area (Å²) in [5, 5.41) is 0.627. The number of fused-ring (bicyclic) bond motifs is 1. The predicted molar refractivity (Wildman–Crippen MR) is 119 cm³/mol. The number of halogens is 1. The molecule has 0 aliphatic rings. The van der Waals surface area contributed by atoms with Crippen molar-refractivity contribution in [3.63, 3.8) is 0 Å². The van der Waals surface area contributed by atoms with Gasteiger partial charge in [0, 0.05) is 10.7 Å². The third-order valence-corrected chi connectivity index (χ3v) is 5.90. The summed E-state index contributed by atoms with van der Waals surface area (Å²) >= 11 is 4.96. The van der Waals surface area contributed by atoms with Crippen LogP contribution in [0.2, 0.25) is 0 Å². The molecule has 7 heteroatoms. The Labute approximate surface area is 181 Å². The third kappa shape index (κ3) is 4.63. The van der Waals surface area contributed by atoms with Gasteiger partial charge in [-0.3, -0.25) is 14.7 Å². The minimum atomic E-state index is -0.169. The van der Waals surface area contributed by atoms with Crippen LogP contribution in [-0.2, 0) is 11.3 Å². The molecule has 0 unspecified atom stereocenters. The number of pyridine rings is 1. The van der Waals surface area contributed by atoms with Gasteiger partial charge >= 0.3 is 0 Å². The summed E-state index contributed by atoms with van der Waals surface area (Å²) in [6.07, 6.45) is 1.72. The van der Waals surface area contributed by atoms with Gasteiger partial charge in [-0.1, -0.05) is 51.5 Å². The van der Waals surface area contributed by atoms with E-state index in [0.717, 1.165) is 25.9 Å². The molecule has 0 saturated heterocycles. The van der Waals surface area contributed by atoms with E-state index in [1.54, 1.807) is 11.1 Å². The lowest BCUT2D eigenvalue weighted by Crippen LogP contribution is -2.34. The third-order valence-electron chi connectivity index (χ3n) is 4.36. The number of ether oxygens (including phenoxy) is 1. The summed E-state index contributed by atoms with van der Waals surface area (Å²) in [5.74, 6) is 0.531. The van der Waals surface area contributed by atoms with Gasteiger partial charge in [0.1, 0.15) is 5.75 Å². The molecule has 146 valence electrons. The topological polar surface area (TPSA) is 55.3 Å². The number of aryl methyl sites for hydroxylation is 1. The molecule has 0 atom stereocenters. The predicted octanol–water partition coefficient (Wildman–Crippen LogP) is 5.37. The van der Waals surface area contributed by atoms with Crippen molar-refractivity contribution in [3.8, 4) is 5.75 Å². The highest BCUT2D eigenvalue weighted by Gasteiger charge is 2.21. The average molecular weight is 468 g/mol. The van der Waals surface area contributed by atoms with Crippen molar-refractivity contribution >= 4 is 48.5 Å². The molecular weight excluding hydrogens is 450 g/mol. The van der Waals surface area contributed by atoms with Crippen LogP contribution in [0.1, 0.15) is 11.3 Å². The van der Waals surface area contributed by atoms with Crippen molar-refractivity contribution in [2.45, 2.75) is 13.5 Å². The van der Waals surface area contributed by atoms with E-state index in [1.807, 2.05) is 67.6 Å². The average Bonchev–Trinajstić information content (AvgIpc) is 3.14. The largest absolute Gasteiger partial charge is 0.483 e. The first kappa shape index (κ1) is 19.5. The number of carbonyl (C=O) groups is 1. The molecule has 1 amide bonds. The standard InChI is InChI=1S/C22H18BrN3O2S/c1-15-6-2-3-8-19(15)28-14-21(27)26(13-17-7-4-5-11-24-17)22-25-18-10-9-16(23)12-20(18)29-22/h2-12H,13-14H2,1H3. The molecule has 0 aliphatic carbocycles. The van der Waals surface area contributed by atoms with Crippen LogP contribution in [0.15, 0.2) is 71.3 Å². The summed E-state index contributed by atoms with van der Waals surface area (Å²) in [7, 11) is 0. The number of hydrogen-bond acceptors (Lipinski definition) is 5. The number of amides is 1. The summed E-state index contributed by atoms with van der Waals surface area (Å²) in [6, 6.07) is 19.2. The highest BCUT2D eigenvalue weighted by molar-refractivity contribution is 9.10. The lowest BCUT2D eigenvalue weighted by atomic mass is 10.2. The second-order valence-corrected chi connectivity index (χ2v) is 8.39. The summed E-state index contributed by atoms with van der Waals surface area (Å²) < 4.78 is 7.77. The molecule has 0 spiro atoms. The Morgan fingerprint density at radius 3 is 2.76 bits per heavy atom. The monoisotopic (exact) mass is 467 g/mol. The van der Waals surface area contributed by atoms with Crippen LogP contribution in [0.25, 0.3) is 10.2 Å². The summed E-state index contributed by atoms with van der Waals surface area (Å²) in [6.45, 7) is 2.21. The van der Waals surface area contributed by atoms with Crippen LogP contribution in [0, 0.1) is 6.92 Å². The number of carbonyl (C=O) groups excluding carboxylic acids is 1. The Morgan fingerprint density at radius 1 is 1.14 bits per heavy atom. The van der Waals surface area contributed by atoms with Crippen LogP contribution in [0.4, 0.5) is 5.13 Å². The number of benzene rings is 2. The lowest BCUT2D eigenvalue weighted by Gasteiger charge is -2.20. The highest BCUT2D eigenvalue weighted by Crippen LogP contribution is 2.31. The molecular formula is C22H18BrN3O2S. The van der Waals surface area contributed by atoms with Gasteiger partial charge in [-0.15, -0.1) is 0 Å². The van der Waals surface area contributed by atoms with Gasteiger partial charge in [0.25, 0.3) is 5.91 Å². The number of nitrogens with zero attached hydrogens (tertiary/aromatic N) is 3. The highest BCUT2D eigenvalue weighted by atomic mass is 79.9. The second-order valence-electron chi connectivity index (χ2n) is 6.46. The molecule has 0 radical (unpaired) electrons. The van der Waals surface area contributed by atoms with Gasteiger partial charge in [-0.2, -0.15) is 0 Å². The van der Waals surface area contributed by atoms with Crippen molar-refractivity contribution in [1.82, 2.24) is 9.97 Å². The number of aromatic nitrogens is 2. The van der Waals surface area contributed by atoms with Crippen LogP contribution >= 0.6 is 27.3 Å². The van der Waals surface area contributed by atoms with Crippen molar-refractivity contribution in [2.75, 3.05) is 11.5 Å². The second kappa shape index (κ2) is 8.71. The molecule has 0 bridgehead atoms. The normalized spacial score (nSPS) is 10.8. The molecule has 0 aliphatic heterocycles. The van der Waals surface area contributed by atoms with E-state index in [9.17, 15) is 4.79 Å². The van der Waals surface area contributed by atoms with Crippen molar-refractivity contribution in [2.24, 2.45) is 0 Å². The number of rotatable bonds is 6. The van der Waals surface area contributed by atoms with E-state index < -0.39 is 0 Å². The molecule has 29 heavy (non-hydrogen) atoms. The van der Waals surface area contributed by atoms with Gasteiger partial charge < -0.3 is 4.74 Å². The number of anilines is 1. The van der Waals surface area contributed by atoms with Crippen LogP contribution < -0.4 is 9.64 Å². The van der Waals surface area contributed by atoms with E-state index in [2.05, 4.69) is 25.9 Å². The van der Waals surface area contributed by atoms with E-state index >= 15 is 0 Å². The Kier molecular flexibility index (Phi) is 5.87. The van der Waals surface area contributed by atoms with E-state index in [1.165, 1.54) is 11.3 Å². The van der Waals surface area contributed by atoms with Crippen molar-refractivity contribution < 1.29 is 9.53 Å². The van der Waals surface area contributed by atoms with Gasteiger partial charge in [0.15, 0.2) is 11.7 Å². The Hall–Kier alpha value is -2.77. The zero-order chi connectivity index (χ0) is 20.2. The molecule has 0 saturated carbocycles. The Balaban J connectivity index is 1.61. The minimum absolute atomic E-state index is 0.0721. The van der Waals surface area contributed by atoms with Crippen molar-refractivity contribution in [3.05, 3.63) is 82.6 Å². The maximum absolute atomic E-state index is 13.1. The smallest absolute Gasteiger partial charge is 0.267 e. The lowest BCUT2D eigenvalue weighted by molar-refractivity contribution is -0.120. The van der Waals surface area contributed by atoms with Gasteiger partial charge in [-0.05, 0) is 48.9 Å². The van der Waals surface area contributed by atoms with E-state index in [0.29, 0.717) is 17.4 Å². The molecule has 5 nitrogen and oxygen atoms in total. The van der Waals surface area contributed by atoms with Gasteiger partial charge in [-0.25, -0.2) is 4.98 Å². The molecule has 0 N–H and O–H groups in total. The molecule has 2 aromatic heterocycles. The number of thiazole rings is 1. The Bertz CT molecular complexity index is 1150. The van der Waals surface area contributed by atoms with Crippen LogP contribution in [0.3, 0.4) is 0 Å². The SMILES string of the molecule is Cc1ccccc1OCC(=O)N(Cc1ccccn1)c1nc2ccc(Br)cc2s1. The first-order valence-corrected chi connectivity index (χ1v) is 10.7. The quantitative estimate of drug-likeness (QED) is 0.382. The van der Waals surface area contributed by atoms with E-state index in [-0.39, 0.29) is 12.5 Å². The Morgan fingerprint density at radius 2 is 1.97 bits per heavy atom. The van der Waals surface area contributed by atoms with Gasteiger partial charge in [0.2, 0.25) is 0 Å². The van der Waals surface area contributed by atoms with Crippen LogP contribution in [0.5, 0.6) is 5.75 Å². The molecule has 4 aromatic rings. The fourth-order valence-electron chi connectivity index (χ4n) is 2.85. The fraction of sp³-hybridized carbons (Fsp3) is 0.136. The van der Waals surface area contributed by atoms with E-state index in [4.69, 9.17) is 4.74 Å². The first-order valence-electron chi connectivity index (χ1n) is 9.05.